The molecule has 1 aliphatic rings. The number of rotatable bonds is 7. The minimum absolute atomic E-state index is 0.114. The number of aryl methyl sites for hydroxylation is 2. The molecule has 5 nitrogen and oxygen atoms in total. The van der Waals surface area contributed by atoms with Crippen LogP contribution in [0.4, 0.5) is 5.69 Å². The zero-order valence-corrected chi connectivity index (χ0v) is 20.1. The van der Waals surface area contributed by atoms with Crippen molar-refractivity contribution < 1.29 is 9.59 Å². The van der Waals surface area contributed by atoms with Crippen molar-refractivity contribution in [2.24, 2.45) is 0 Å². The minimum Gasteiger partial charge on any atom is -0.351 e. The Hall–Kier alpha value is -2.99. The summed E-state index contributed by atoms with van der Waals surface area (Å²) in [7, 11) is 0. The Labute approximate surface area is 199 Å². The highest BCUT2D eigenvalue weighted by atomic mass is 32.1. The van der Waals surface area contributed by atoms with Gasteiger partial charge >= 0.3 is 0 Å². The molecule has 2 amide bonds. The van der Waals surface area contributed by atoms with Gasteiger partial charge in [-0.3, -0.25) is 19.5 Å². The van der Waals surface area contributed by atoms with Crippen LogP contribution in [-0.4, -0.2) is 22.8 Å². The van der Waals surface area contributed by atoms with Gasteiger partial charge < -0.3 is 5.32 Å². The molecule has 2 heterocycles. The van der Waals surface area contributed by atoms with E-state index >= 15 is 0 Å². The Morgan fingerprint density at radius 3 is 2.45 bits per heavy atom. The van der Waals surface area contributed by atoms with Gasteiger partial charge in [0.2, 0.25) is 11.8 Å². The molecular formula is C27H31N3O2S. The van der Waals surface area contributed by atoms with Crippen LogP contribution in [0.25, 0.3) is 0 Å². The first kappa shape index (κ1) is 23.2. The van der Waals surface area contributed by atoms with Crippen LogP contribution in [0, 0.1) is 13.8 Å². The van der Waals surface area contributed by atoms with Crippen molar-refractivity contribution in [3.05, 3.63) is 81.8 Å². The molecule has 6 heteroatoms. The molecule has 1 saturated carbocycles. The van der Waals surface area contributed by atoms with Crippen LogP contribution >= 0.6 is 11.3 Å². The molecule has 0 radical (unpaired) electrons. The molecule has 0 bridgehead atoms. The first-order valence-electron chi connectivity index (χ1n) is 11.7. The lowest BCUT2D eigenvalue weighted by atomic mass is 9.95. The molecule has 0 aliphatic heterocycles. The Morgan fingerprint density at radius 2 is 1.82 bits per heavy atom. The van der Waals surface area contributed by atoms with E-state index in [0.29, 0.717) is 5.69 Å². The molecule has 0 spiro atoms. The molecule has 1 fully saturated rings. The van der Waals surface area contributed by atoms with E-state index in [1.807, 2.05) is 61.7 Å². The molecule has 3 aromatic rings. The summed E-state index contributed by atoms with van der Waals surface area (Å²) in [5.41, 5.74) is 3.39. The number of nitrogens with zero attached hydrogens (tertiary/aromatic N) is 2. The number of carbonyl (C=O) groups is 2. The molecule has 0 unspecified atom stereocenters. The van der Waals surface area contributed by atoms with Crippen LogP contribution in [0.1, 0.15) is 59.8 Å². The van der Waals surface area contributed by atoms with Gasteiger partial charge in [0, 0.05) is 22.8 Å². The molecule has 4 rings (SSSR count). The fourth-order valence-corrected chi connectivity index (χ4v) is 5.32. The molecule has 1 aliphatic carbocycles. The summed E-state index contributed by atoms with van der Waals surface area (Å²) in [5.74, 6) is -0.281. The fraction of sp³-hybridized carbons (Fsp3) is 0.370. The molecule has 1 aromatic carbocycles. The van der Waals surface area contributed by atoms with E-state index in [2.05, 4.69) is 16.4 Å². The number of hydrogen-bond acceptors (Lipinski definition) is 4. The Morgan fingerprint density at radius 1 is 1.06 bits per heavy atom. The lowest BCUT2D eigenvalue weighted by molar-refractivity contribution is -0.127. The highest BCUT2D eigenvalue weighted by Crippen LogP contribution is 2.30. The highest BCUT2D eigenvalue weighted by Gasteiger charge is 2.35. The van der Waals surface area contributed by atoms with Gasteiger partial charge in [-0.2, -0.15) is 0 Å². The van der Waals surface area contributed by atoms with Crippen molar-refractivity contribution in [3.63, 3.8) is 0 Å². The summed E-state index contributed by atoms with van der Waals surface area (Å²) < 4.78 is 0. The van der Waals surface area contributed by atoms with Crippen LogP contribution in [0.5, 0.6) is 0 Å². The predicted octanol–water partition coefficient (Wildman–Crippen LogP) is 5.53. The lowest BCUT2D eigenvalue weighted by Gasteiger charge is -2.33. The van der Waals surface area contributed by atoms with Gasteiger partial charge in [0.05, 0.1) is 12.1 Å². The Balaban J connectivity index is 1.75. The average molecular weight is 462 g/mol. The standard InChI is InChI=1S/C27H31N3O2S/c1-19-15-20(2)17-22(16-19)30(25(31)18-23-11-8-14-33-23)26(24-12-6-7-13-28-24)27(32)29-21-9-4-3-5-10-21/h6-8,11-17,21,26H,3-5,9-10,18H2,1-2H3,(H,29,32)/t26-/m0/s1. The van der Waals surface area contributed by atoms with E-state index in [9.17, 15) is 9.59 Å². The smallest absolute Gasteiger partial charge is 0.249 e. The van der Waals surface area contributed by atoms with Gasteiger partial charge in [-0.05, 0) is 73.5 Å². The monoisotopic (exact) mass is 461 g/mol. The first-order chi connectivity index (χ1) is 16.0. The van der Waals surface area contributed by atoms with E-state index in [1.165, 1.54) is 6.42 Å². The Kier molecular flexibility index (Phi) is 7.55. The summed E-state index contributed by atoms with van der Waals surface area (Å²) in [4.78, 5) is 34.7. The lowest BCUT2D eigenvalue weighted by Crippen LogP contribution is -2.48. The van der Waals surface area contributed by atoms with Gasteiger partial charge in [-0.25, -0.2) is 0 Å². The number of hydrogen-bond donors (Lipinski definition) is 1. The van der Waals surface area contributed by atoms with Crippen molar-refractivity contribution in [1.82, 2.24) is 10.3 Å². The number of anilines is 1. The number of pyridine rings is 1. The largest absolute Gasteiger partial charge is 0.351 e. The number of nitrogens with one attached hydrogen (secondary N) is 1. The number of carbonyl (C=O) groups excluding carboxylic acids is 2. The SMILES string of the molecule is Cc1cc(C)cc(N(C(=O)Cc2cccs2)[C@H](C(=O)NC2CCCCC2)c2ccccn2)c1. The molecule has 33 heavy (non-hydrogen) atoms. The van der Waals surface area contributed by atoms with Gasteiger partial charge in [-0.15, -0.1) is 11.3 Å². The predicted molar refractivity (Wildman–Crippen MR) is 133 cm³/mol. The summed E-state index contributed by atoms with van der Waals surface area (Å²) >= 11 is 1.55. The third-order valence-electron chi connectivity index (χ3n) is 6.08. The highest BCUT2D eigenvalue weighted by molar-refractivity contribution is 7.10. The van der Waals surface area contributed by atoms with Gasteiger partial charge in [0.1, 0.15) is 0 Å². The van der Waals surface area contributed by atoms with E-state index in [0.717, 1.165) is 47.4 Å². The summed E-state index contributed by atoms with van der Waals surface area (Å²) in [6, 6.07) is 14.8. The quantitative estimate of drug-likeness (QED) is 0.503. The molecule has 1 N–H and O–H groups in total. The summed E-state index contributed by atoms with van der Waals surface area (Å²) in [5, 5.41) is 5.21. The number of amides is 2. The molecule has 1 atom stereocenters. The fourth-order valence-electron chi connectivity index (χ4n) is 4.62. The van der Waals surface area contributed by atoms with E-state index in [-0.39, 0.29) is 24.3 Å². The van der Waals surface area contributed by atoms with Crippen LogP contribution in [0.3, 0.4) is 0 Å². The first-order valence-corrected chi connectivity index (χ1v) is 12.5. The molecular weight excluding hydrogens is 430 g/mol. The van der Waals surface area contributed by atoms with Crippen molar-refractivity contribution in [2.75, 3.05) is 4.90 Å². The van der Waals surface area contributed by atoms with Crippen molar-refractivity contribution >= 4 is 28.8 Å². The van der Waals surface area contributed by atoms with Gasteiger partial charge in [0.25, 0.3) is 0 Å². The molecule has 2 aromatic heterocycles. The second-order valence-corrected chi connectivity index (χ2v) is 9.90. The van der Waals surface area contributed by atoms with Gasteiger partial charge in [-0.1, -0.05) is 37.5 Å². The maximum Gasteiger partial charge on any atom is 0.249 e. The van der Waals surface area contributed by atoms with E-state index in [1.54, 1.807) is 22.4 Å². The average Bonchev–Trinajstić information content (AvgIpc) is 3.30. The third-order valence-corrected chi connectivity index (χ3v) is 6.96. The van der Waals surface area contributed by atoms with Crippen molar-refractivity contribution in [3.8, 4) is 0 Å². The summed E-state index contributed by atoms with van der Waals surface area (Å²) in [6.45, 7) is 4.02. The Bertz CT molecular complexity index is 1060. The van der Waals surface area contributed by atoms with Crippen LogP contribution in [0.15, 0.2) is 60.1 Å². The van der Waals surface area contributed by atoms with Crippen molar-refractivity contribution in [2.45, 2.75) is 64.5 Å². The number of aromatic nitrogens is 1. The topological polar surface area (TPSA) is 62.3 Å². The zero-order valence-electron chi connectivity index (χ0n) is 19.3. The second kappa shape index (κ2) is 10.8. The van der Waals surface area contributed by atoms with Crippen LogP contribution in [-0.2, 0) is 16.0 Å². The third kappa shape index (κ3) is 5.88. The molecule has 0 saturated heterocycles. The maximum atomic E-state index is 13.8. The van der Waals surface area contributed by atoms with E-state index < -0.39 is 6.04 Å². The van der Waals surface area contributed by atoms with Crippen molar-refractivity contribution in [1.29, 1.82) is 0 Å². The van der Waals surface area contributed by atoms with Gasteiger partial charge in [0.15, 0.2) is 6.04 Å². The number of thiophene rings is 1. The molecule has 172 valence electrons. The van der Waals surface area contributed by atoms with E-state index in [4.69, 9.17) is 0 Å². The summed E-state index contributed by atoms with van der Waals surface area (Å²) in [6.07, 6.45) is 7.34. The zero-order chi connectivity index (χ0) is 23.2. The minimum atomic E-state index is -0.832. The maximum absolute atomic E-state index is 13.8. The van der Waals surface area contributed by atoms with Crippen LogP contribution < -0.4 is 10.2 Å². The van der Waals surface area contributed by atoms with Crippen LogP contribution in [0.2, 0.25) is 0 Å². The second-order valence-electron chi connectivity index (χ2n) is 8.87. The normalized spacial score (nSPS) is 15.1. The number of benzene rings is 1.